The van der Waals surface area contributed by atoms with Crippen LogP contribution in [0.25, 0.3) is 0 Å². The van der Waals surface area contributed by atoms with E-state index in [1.807, 2.05) is 12.1 Å². The highest BCUT2D eigenvalue weighted by atomic mass is 35.5. The molecule has 162 valence electrons. The summed E-state index contributed by atoms with van der Waals surface area (Å²) in [5.74, 6) is -0.677. The first-order chi connectivity index (χ1) is 14.7. The van der Waals surface area contributed by atoms with Crippen LogP contribution in [0.2, 0.25) is 10.0 Å². The molecule has 3 fully saturated rings. The van der Waals surface area contributed by atoms with E-state index in [0.29, 0.717) is 30.7 Å². The van der Waals surface area contributed by atoms with Crippen molar-refractivity contribution in [2.24, 2.45) is 0 Å². The molecule has 1 unspecified atom stereocenters. The fourth-order valence-corrected chi connectivity index (χ4v) is 5.25. The Balaban J connectivity index is 1.08. The summed E-state index contributed by atoms with van der Waals surface area (Å²) in [6.07, 6.45) is 2.68. The number of carbonyl (C=O) groups excluding carboxylic acids is 2. The van der Waals surface area contributed by atoms with Crippen molar-refractivity contribution in [1.82, 2.24) is 10.6 Å². The van der Waals surface area contributed by atoms with Crippen molar-refractivity contribution in [3.05, 3.63) is 57.8 Å². The number of anilines is 1. The lowest BCUT2D eigenvalue weighted by atomic mass is 9.44. The molecular formula is C22H20Cl2FN3O3. The Morgan fingerprint density at radius 1 is 1.10 bits per heavy atom. The summed E-state index contributed by atoms with van der Waals surface area (Å²) in [6, 6.07) is 9.28. The van der Waals surface area contributed by atoms with Crippen LogP contribution in [0.3, 0.4) is 0 Å². The fourth-order valence-electron chi connectivity index (χ4n) is 4.94. The lowest BCUT2D eigenvalue weighted by Gasteiger charge is -2.70. The number of amides is 2. The van der Waals surface area contributed by atoms with Gasteiger partial charge in [-0.3, -0.25) is 9.59 Å². The van der Waals surface area contributed by atoms with E-state index in [4.69, 9.17) is 27.9 Å². The number of fused-ring (bicyclic) bond motifs is 1. The summed E-state index contributed by atoms with van der Waals surface area (Å²) in [6.45, 7) is -0.213. The van der Waals surface area contributed by atoms with E-state index in [0.717, 1.165) is 17.3 Å². The second-order valence-electron chi connectivity index (χ2n) is 8.70. The molecule has 2 aromatic carbocycles. The molecule has 2 aromatic rings. The average molecular weight is 464 g/mol. The van der Waals surface area contributed by atoms with E-state index in [-0.39, 0.29) is 46.3 Å². The molecule has 2 amide bonds. The molecule has 1 heterocycles. The van der Waals surface area contributed by atoms with Crippen LogP contribution in [0.5, 0.6) is 5.75 Å². The third-order valence-corrected chi connectivity index (χ3v) is 6.76. The molecule has 6 rings (SSSR count). The Bertz CT molecular complexity index is 1070. The quantitative estimate of drug-likeness (QED) is 0.612. The van der Waals surface area contributed by atoms with Gasteiger partial charge in [-0.15, -0.1) is 0 Å². The summed E-state index contributed by atoms with van der Waals surface area (Å²) in [5, 5.41) is 10.0. The van der Waals surface area contributed by atoms with Crippen LogP contribution in [-0.2, 0) is 16.0 Å². The number of hydrogen-bond donors (Lipinski definition) is 3. The Morgan fingerprint density at radius 3 is 2.58 bits per heavy atom. The Hall–Kier alpha value is -2.51. The van der Waals surface area contributed by atoms with Crippen molar-refractivity contribution in [2.75, 3.05) is 11.9 Å². The molecule has 0 spiro atoms. The molecule has 0 saturated heterocycles. The molecule has 3 saturated carbocycles. The molecule has 6 nitrogen and oxygen atoms in total. The molecule has 3 aliphatic carbocycles. The molecule has 0 aromatic heterocycles. The van der Waals surface area contributed by atoms with Crippen LogP contribution in [0.15, 0.2) is 36.4 Å². The van der Waals surface area contributed by atoms with Crippen molar-refractivity contribution in [3.63, 3.8) is 0 Å². The maximum absolute atomic E-state index is 13.4. The van der Waals surface area contributed by atoms with Crippen molar-refractivity contribution >= 4 is 40.7 Å². The van der Waals surface area contributed by atoms with E-state index < -0.39 is 5.82 Å². The normalized spacial score (nSPS) is 27.3. The Morgan fingerprint density at radius 2 is 1.84 bits per heavy atom. The number of rotatable bonds is 6. The van der Waals surface area contributed by atoms with Crippen LogP contribution >= 0.6 is 23.2 Å². The summed E-state index contributed by atoms with van der Waals surface area (Å²) in [5.41, 5.74) is 1.43. The van der Waals surface area contributed by atoms with Crippen LogP contribution in [0.4, 0.5) is 10.1 Å². The van der Waals surface area contributed by atoms with Crippen LogP contribution in [0.1, 0.15) is 24.8 Å². The van der Waals surface area contributed by atoms with Gasteiger partial charge in [0.1, 0.15) is 17.6 Å². The molecule has 9 heteroatoms. The molecule has 1 aliphatic heterocycles. The van der Waals surface area contributed by atoms with Gasteiger partial charge in [0.15, 0.2) is 6.61 Å². The first-order valence-electron chi connectivity index (χ1n) is 10.0. The zero-order valence-corrected chi connectivity index (χ0v) is 17.9. The number of nitrogens with one attached hydrogen (secondary N) is 3. The second-order valence-corrected chi connectivity index (χ2v) is 9.54. The topological polar surface area (TPSA) is 79.5 Å². The highest BCUT2D eigenvalue weighted by Crippen LogP contribution is 2.60. The Kier molecular flexibility index (Phi) is 4.79. The predicted molar refractivity (Wildman–Crippen MR) is 115 cm³/mol. The number of hydrogen-bond acceptors (Lipinski definition) is 4. The minimum Gasteiger partial charge on any atom is -0.484 e. The summed E-state index contributed by atoms with van der Waals surface area (Å²) in [4.78, 5) is 24.9. The molecule has 2 bridgehead atoms. The van der Waals surface area contributed by atoms with Gasteiger partial charge >= 0.3 is 0 Å². The van der Waals surface area contributed by atoms with Crippen LogP contribution in [-0.4, -0.2) is 35.5 Å². The first-order valence-corrected chi connectivity index (χ1v) is 10.8. The standard InChI is InChI=1S/C22H20Cl2FN3O3/c23-13-1-4-17-12(5-13)6-18(26-17)20(30)28-22-9-21(10-22,11-22)27-19(29)8-31-14-2-3-15(24)16(25)7-14/h1-5,7,18,26H,6,8-11H2,(H,27,29)(H,28,30). The van der Waals surface area contributed by atoms with Gasteiger partial charge in [-0.25, -0.2) is 4.39 Å². The number of carbonyl (C=O) groups is 2. The molecule has 4 aliphatic rings. The van der Waals surface area contributed by atoms with Crippen molar-refractivity contribution in [2.45, 2.75) is 42.8 Å². The van der Waals surface area contributed by atoms with E-state index in [2.05, 4.69) is 16.0 Å². The molecule has 0 radical (unpaired) electrons. The van der Waals surface area contributed by atoms with Gasteiger partial charge in [0, 0.05) is 34.3 Å². The van der Waals surface area contributed by atoms with Crippen LogP contribution in [0, 0.1) is 5.82 Å². The maximum atomic E-state index is 13.4. The minimum absolute atomic E-state index is 0.00139. The SMILES string of the molecule is O=C(COc1ccc(Cl)c(F)c1)NC12CC(NC(=O)C3Cc4cc(Cl)ccc4N3)(C1)C2. The number of halogens is 3. The monoisotopic (exact) mass is 463 g/mol. The van der Waals surface area contributed by atoms with Gasteiger partial charge in [0.2, 0.25) is 5.91 Å². The maximum Gasteiger partial charge on any atom is 0.258 e. The predicted octanol–water partition coefficient (Wildman–Crippen LogP) is 3.46. The van der Waals surface area contributed by atoms with Gasteiger partial charge in [-0.2, -0.15) is 0 Å². The van der Waals surface area contributed by atoms with Crippen molar-refractivity contribution < 1.29 is 18.7 Å². The lowest BCUT2D eigenvalue weighted by Crippen LogP contribution is -2.84. The number of ether oxygens (including phenoxy) is 1. The fraction of sp³-hybridized carbons (Fsp3) is 0.364. The summed E-state index contributed by atoms with van der Waals surface area (Å²) >= 11 is 11.7. The molecular weight excluding hydrogens is 444 g/mol. The molecule has 31 heavy (non-hydrogen) atoms. The van der Waals surface area contributed by atoms with E-state index in [1.54, 1.807) is 6.07 Å². The highest BCUT2D eigenvalue weighted by molar-refractivity contribution is 6.31. The Labute approximate surface area is 188 Å². The van der Waals surface area contributed by atoms with E-state index >= 15 is 0 Å². The number of benzene rings is 2. The summed E-state index contributed by atoms with van der Waals surface area (Å²) in [7, 11) is 0. The smallest absolute Gasteiger partial charge is 0.258 e. The highest BCUT2D eigenvalue weighted by Gasteiger charge is 2.69. The zero-order valence-electron chi connectivity index (χ0n) is 16.4. The van der Waals surface area contributed by atoms with Crippen molar-refractivity contribution in [3.8, 4) is 5.75 Å². The molecule has 3 N–H and O–H groups in total. The average Bonchev–Trinajstić information content (AvgIpc) is 3.09. The van der Waals surface area contributed by atoms with E-state index in [1.165, 1.54) is 12.1 Å². The van der Waals surface area contributed by atoms with Crippen molar-refractivity contribution in [1.29, 1.82) is 0 Å². The largest absolute Gasteiger partial charge is 0.484 e. The van der Waals surface area contributed by atoms with Gasteiger partial charge < -0.3 is 20.7 Å². The lowest BCUT2D eigenvalue weighted by molar-refractivity contribution is -0.150. The van der Waals surface area contributed by atoms with Gasteiger partial charge in [0.05, 0.1) is 5.02 Å². The van der Waals surface area contributed by atoms with Gasteiger partial charge in [0.25, 0.3) is 5.91 Å². The van der Waals surface area contributed by atoms with Gasteiger partial charge in [-0.1, -0.05) is 23.2 Å². The first kappa shape index (κ1) is 20.4. The zero-order chi connectivity index (χ0) is 21.8. The third-order valence-electron chi connectivity index (χ3n) is 6.22. The second kappa shape index (κ2) is 7.28. The minimum atomic E-state index is -0.598. The van der Waals surface area contributed by atoms with Gasteiger partial charge in [-0.05, 0) is 55.2 Å². The summed E-state index contributed by atoms with van der Waals surface area (Å²) < 4.78 is 18.8. The van der Waals surface area contributed by atoms with E-state index in [9.17, 15) is 14.0 Å². The third kappa shape index (κ3) is 3.81. The van der Waals surface area contributed by atoms with Crippen LogP contribution < -0.4 is 20.7 Å². The molecule has 1 atom stereocenters.